The second kappa shape index (κ2) is 4.17. The molecule has 0 bridgehead atoms. The van der Waals surface area contributed by atoms with Crippen LogP contribution in [0.15, 0.2) is 17.8 Å². The highest BCUT2D eigenvalue weighted by atomic mass is 32.1. The number of carbonyl (C=O) groups excluding carboxylic acids is 1. The number of Topliss-reactive ketones (excluding diaryl/α,β-unsaturated/α-hetero) is 1. The molecular formula is C11H13N3OS. The van der Waals surface area contributed by atoms with E-state index in [1.54, 1.807) is 11.6 Å². The van der Waals surface area contributed by atoms with Gasteiger partial charge in [-0.2, -0.15) is 5.10 Å². The maximum absolute atomic E-state index is 11.1. The van der Waals surface area contributed by atoms with Crippen LogP contribution in [0, 0.1) is 0 Å². The van der Waals surface area contributed by atoms with Crippen molar-refractivity contribution in [2.75, 3.05) is 0 Å². The molecule has 0 spiro atoms. The summed E-state index contributed by atoms with van der Waals surface area (Å²) in [6.45, 7) is 5.66. The number of rotatable bonds is 3. The lowest BCUT2D eigenvalue weighted by atomic mass is 10.3. The van der Waals surface area contributed by atoms with Crippen molar-refractivity contribution >= 4 is 17.1 Å². The van der Waals surface area contributed by atoms with E-state index in [0.29, 0.717) is 11.7 Å². The summed E-state index contributed by atoms with van der Waals surface area (Å²) < 4.78 is 1.88. The predicted octanol–water partition coefficient (Wildman–Crippen LogP) is 2.79. The Labute approximate surface area is 97.9 Å². The molecule has 4 nitrogen and oxygen atoms in total. The lowest BCUT2D eigenvalue weighted by Crippen LogP contribution is -1.99. The Bertz CT molecular complexity index is 513. The van der Waals surface area contributed by atoms with E-state index < -0.39 is 0 Å². The van der Waals surface area contributed by atoms with E-state index in [9.17, 15) is 4.79 Å². The maximum Gasteiger partial charge on any atom is 0.178 e. The molecule has 0 saturated carbocycles. The molecule has 0 aromatic carbocycles. The minimum Gasteiger partial charge on any atom is -0.293 e. The van der Waals surface area contributed by atoms with Gasteiger partial charge in [-0.15, -0.1) is 11.3 Å². The van der Waals surface area contributed by atoms with Crippen LogP contribution in [0.5, 0.6) is 0 Å². The van der Waals surface area contributed by atoms with Crippen LogP contribution < -0.4 is 0 Å². The smallest absolute Gasteiger partial charge is 0.178 e. The summed E-state index contributed by atoms with van der Waals surface area (Å²) in [5, 5.41) is 6.87. The van der Waals surface area contributed by atoms with Gasteiger partial charge in [-0.05, 0) is 13.8 Å². The lowest BCUT2D eigenvalue weighted by molar-refractivity contribution is 0.101. The Morgan fingerprint density at radius 3 is 2.75 bits per heavy atom. The van der Waals surface area contributed by atoms with Crippen molar-refractivity contribution in [2.45, 2.75) is 26.8 Å². The fraction of sp³-hybridized carbons (Fsp3) is 0.364. The lowest BCUT2D eigenvalue weighted by Gasteiger charge is -2.02. The summed E-state index contributed by atoms with van der Waals surface area (Å²) in [6, 6.07) is 0.334. The molecule has 0 fully saturated rings. The second-order valence-corrected chi connectivity index (χ2v) is 4.75. The van der Waals surface area contributed by atoms with Gasteiger partial charge in [-0.1, -0.05) is 0 Å². The topological polar surface area (TPSA) is 47.8 Å². The number of thiazole rings is 1. The average Bonchev–Trinajstić information content (AvgIpc) is 2.86. The van der Waals surface area contributed by atoms with E-state index in [1.807, 2.05) is 10.9 Å². The first kappa shape index (κ1) is 11.0. The van der Waals surface area contributed by atoms with Crippen molar-refractivity contribution in [2.24, 2.45) is 0 Å². The van der Waals surface area contributed by atoms with E-state index in [4.69, 9.17) is 0 Å². The first-order valence-electron chi connectivity index (χ1n) is 5.09. The Balaban J connectivity index is 2.31. The van der Waals surface area contributed by atoms with Gasteiger partial charge in [0.15, 0.2) is 5.78 Å². The number of aromatic nitrogens is 3. The number of nitrogens with zero attached hydrogens (tertiary/aromatic N) is 3. The van der Waals surface area contributed by atoms with Crippen LogP contribution in [0.4, 0.5) is 0 Å². The van der Waals surface area contributed by atoms with Gasteiger partial charge in [0, 0.05) is 30.1 Å². The van der Waals surface area contributed by atoms with Crippen LogP contribution in [-0.4, -0.2) is 20.5 Å². The zero-order chi connectivity index (χ0) is 11.7. The van der Waals surface area contributed by atoms with E-state index >= 15 is 0 Å². The number of hydrogen-bond acceptors (Lipinski definition) is 4. The zero-order valence-corrected chi connectivity index (χ0v) is 10.3. The van der Waals surface area contributed by atoms with E-state index in [2.05, 4.69) is 23.9 Å². The van der Waals surface area contributed by atoms with Crippen molar-refractivity contribution in [1.82, 2.24) is 14.8 Å². The van der Waals surface area contributed by atoms with Crippen LogP contribution in [0.1, 0.15) is 37.3 Å². The predicted molar refractivity (Wildman–Crippen MR) is 63.7 cm³/mol. The van der Waals surface area contributed by atoms with E-state index in [0.717, 1.165) is 10.6 Å². The van der Waals surface area contributed by atoms with E-state index in [-0.39, 0.29) is 5.78 Å². The SMILES string of the molecule is CC(=O)c1csc(-c2cnn(C(C)C)c2)n1. The third-order valence-electron chi connectivity index (χ3n) is 2.24. The molecule has 84 valence electrons. The third kappa shape index (κ3) is 2.04. The standard InChI is InChI=1S/C11H13N3OS/c1-7(2)14-5-9(4-12-14)11-13-10(6-16-11)8(3)15/h4-7H,1-3H3. The highest BCUT2D eigenvalue weighted by Crippen LogP contribution is 2.24. The largest absolute Gasteiger partial charge is 0.293 e. The van der Waals surface area contributed by atoms with Gasteiger partial charge >= 0.3 is 0 Å². The maximum atomic E-state index is 11.1. The van der Waals surface area contributed by atoms with Gasteiger partial charge in [-0.25, -0.2) is 4.98 Å². The molecule has 5 heteroatoms. The van der Waals surface area contributed by atoms with Crippen molar-refractivity contribution in [1.29, 1.82) is 0 Å². The van der Waals surface area contributed by atoms with Gasteiger partial charge in [0.2, 0.25) is 0 Å². The Morgan fingerprint density at radius 2 is 2.25 bits per heavy atom. The molecule has 0 atom stereocenters. The van der Waals surface area contributed by atoms with Crippen molar-refractivity contribution in [3.8, 4) is 10.6 Å². The Morgan fingerprint density at radius 1 is 1.50 bits per heavy atom. The molecular weight excluding hydrogens is 222 g/mol. The van der Waals surface area contributed by atoms with Crippen LogP contribution in [0.3, 0.4) is 0 Å². The van der Waals surface area contributed by atoms with Gasteiger partial charge in [-0.3, -0.25) is 9.48 Å². The van der Waals surface area contributed by atoms with Crippen LogP contribution in [0.25, 0.3) is 10.6 Å². The summed E-state index contributed by atoms with van der Waals surface area (Å²) in [7, 11) is 0. The first-order chi connectivity index (χ1) is 7.58. The van der Waals surface area contributed by atoms with Crippen molar-refractivity contribution < 1.29 is 4.79 Å². The summed E-state index contributed by atoms with van der Waals surface area (Å²) in [5.74, 6) is -0.00116. The molecule has 0 radical (unpaired) electrons. The molecule has 2 heterocycles. The first-order valence-corrected chi connectivity index (χ1v) is 5.97. The van der Waals surface area contributed by atoms with Crippen LogP contribution in [0.2, 0.25) is 0 Å². The number of carbonyl (C=O) groups is 1. The Kier molecular flexibility index (Phi) is 2.87. The van der Waals surface area contributed by atoms with Gasteiger partial charge < -0.3 is 0 Å². The summed E-state index contributed by atoms with van der Waals surface area (Å²) >= 11 is 1.47. The molecule has 2 aromatic heterocycles. The molecule has 2 rings (SSSR count). The van der Waals surface area contributed by atoms with Crippen LogP contribution in [-0.2, 0) is 0 Å². The fourth-order valence-electron chi connectivity index (χ4n) is 1.30. The molecule has 0 unspecified atom stereocenters. The normalized spacial score (nSPS) is 11.0. The van der Waals surface area contributed by atoms with E-state index in [1.165, 1.54) is 18.3 Å². The molecule has 0 aliphatic rings. The second-order valence-electron chi connectivity index (χ2n) is 3.90. The minimum atomic E-state index is -0.00116. The average molecular weight is 235 g/mol. The summed E-state index contributed by atoms with van der Waals surface area (Å²) in [4.78, 5) is 15.4. The molecule has 0 aliphatic heterocycles. The molecule has 2 aromatic rings. The highest BCUT2D eigenvalue weighted by molar-refractivity contribution is 7.13. The van der Waals surface area contributed by atoms with Gasteiger partial charge in [0.25, 0.3) is 0 Å². The molecule has 0 amide bonds. The van der Waals surface area contributed by atoms with Gasteiger partial charge in [0.05, 0.1) is 6.20 Å². The fourth-order valence-corrected chi connectivity index (χ4v) is 2.13. The monoisotopic (exact) mass is 235 g/mol. The Hall–Kier alpha value is -1.49. The highest BCUT2D eigenvalue weighted by Gasteiger charge is 2.10. The summed E-state index contributed by atoms with van der Waals surface area (Å²) in [5.41, 5.74) is 1.49. The number of ketones is 1. The van der Waals surface area contributed by atoms with Gasteiger partial charge in [0.1, 0.15) is 10.7 Å². The van der Waals surface area contributed by atoms with Crippen molar-refractivity contribution in [3.63, 3.8) is 0 Å². The zero-order valence-electron chi connectivity index (χ0n) is 9.47. The molecule has 0 saturated heterocycles. The third-order valence-corrected chi connectivity index (χ3v) is 3.13. The van der Waals surface area contributed by atoms with Crippen LogP contribution >= 0.6 is 11.3 Å². The quantitative estimate of drug-likeness (QED) is 0.768. The van der Waals surface area contributed by atoms with Crippen molar-refractivity contribution in [3.05, 3.63) is 23.5 Å². The molecule has 0 N–H and O–H groups in total. The molecule has 0 aliphatic carbocycles. The summed E-state index contributed by atoms with van der Waals surface area (Å²) in [6.07, 6.45) is 3.73. The minimum absolute atomic E-state index is 0.00116. The number of hydrogen-bond donors (Lipinski definition) is 0. The molecule has 16 heavy (non-hydrogen) atoms.